The standard InChI is InChI=1S/C30H31F2N4OP/c1-18-4-3-5-20(14-18)25-17-33-13-12-23(25)29(37)35-22-9-7-21(8-10-22)34-27-16-28(30(31,32)38)36-26-11-6-19(2)15-24(26)27/h3-6,11-17,21-22H,7-10,38H2,1-2H3,(H,34,36)(H,35,37). The van der Waals surface area contributed by atoms with E-state index in [0.717, 1.165) is 53.3 Å². The molecule has 8 heteroatoms. The van der Waals surface area contributed by atoms with Crippen LogP contribution in [0.5, 0.6) is 0 Å². The Morgan fingerprint density at radius 2 is 1.71 bits per heavy atom. The number of pyridine rings is 2. The van der Waals surface area contributed by atoms with E-state index in [1.165, 1.54) is 6.07 Å². The Morgan fingerprint density at radius 3 is 2.45 bits per heavy atom. The lowest BCUT2D eigenvalue weighted by Gasteiger charge is -2.31. The van der Waals surface area contributed by atoms with Crippen LogP contribution in [0.2, 0.25) is 0 Å². The molecule has 0 radical (unpaired) electrons. The van der Waals surface area contributed by atoms with Gasteiger partial charge in [0.15, 0.2) is 0 Å². The van der Waals surface area contributed by atoms with Crippen molar-refractivity contribution in [2.24, 2.45) is 0 Å². The van der Waals surface area contributed by atoms with Crippen molar-refractivity contribution < 1.29 is 13.6 Å². The topological polar surface area (TPSA) is 66.9 Å². The Bertz CT molecular complexity index is 1480. The third kappa shape index (κ3) is 5.83. The molecule has 0 saturated heterocycles. The predicted molar refractivity (Wildman–Crippen MR) is 152 cm³/mol. The lowest BCUT2D eigenvalue weighted by molar-refractivity contribution is 0.0926. The van der Waals surface area contributed by atoms with Crippen molar-refractivity contribution in [1.29, 1.82) is 0 Å². The summed E-state index contributed by atoms with van der Waals surface area (Å²) in [6.45, 7) is 4.00. The molecule has 1 unspecified atom stereocenters. The van der Waals surface area contributed by atoms with Gasteiger partial charge in [0.1, 0.15) is 5.69 Å². The fourth-order valence-corrected chi connectivity index (χ4v) is 5.28. The van der Waals surface area contributed by atoms with Crippen molar-refractivity contribution in [3.63, 3.8) is 0 Å². The first-order chi connectivity index (χ1) is 18.2. The van der Waals surface area contributed by atoms with Crippen LogP contribution in [0.15, 0.2) is 67.0 Å². The molecule has 2 N–H and O–H groups in total. The second-order valence-corrected chi connectivity index (χ2v) is 10.9. The minimum absolute atomic E-state index is 0.0439. The first-order valence-electron chi connectivity index (χ1n) is 12.8. The summed E-state index contributed by atoms with van der Waals surface area (Å²) in [6.07, 6.45) is 6.59. The number of hydrogen-bond acceptors (Lipinski definition) is 4. The lowest BCUT2D eigenvalue weighted by atomic mass is 9.90. The summed E-state index contributed by atoms with van der Waals surface area (Å²) >= 11 is 0. The van der Waals surface area contributed by atoms with E-state index in [2.05, 4.69) is 20.6 Å². The number of fused-ring (bicyclic) bond motifs is 1. The highest BCUT2D eigenvalue weighted by atomic mass is 31.0. The van der Waals surface area contributed by atoms with Gasteiger partial charge in [0.05, 0.1) is 11.1 Å². The first kappa shape index (κ1) is 26.2. The third-order valence-electron chi connectivity index (χ3n) is 7.12. The van der Waals surface area contributed by atoms with Crippen LogP contribution in [0.1, 0.15) is 52.9 Å². The van der Waals surface area contributed by atoms with E-state index < -0.39 is 5.66 Å². The molecule has 2 heterocycles. The number of benzene rings is 2. The molecule has 0 bridgehead atoms. The van der Waals surface area contributed by atoms with E-state index in [-0.39, 0.29) is 23.7 Å². The van der Waals surface area contributed by atoms with Crippen molar-refractivity contribution in [3.8, 4) is 11.1 Å². The Kier molecular flexibility index (Phi) is 7.40. The number of amides is 1. The van der Waals surface area contributed by atoms with Gasteiger partial charge in [0.2, 0.25) is 0 Å². The number of carbonyl (C=O) groups excluding carboxylic acids is 1. The smallest absolute Gasteiger partial charge is 0.300 e. The van der Waals surface area contributed by atoms with Gasteiger partial charge in [-0.2, -0.15) is 8.78 Å². The van der Waals surface area contributed by atoms with Gasteiger partial charge in [-0.15, -0.1) is 0 Å². The molecule has 1 amide bonds. The number of carbonyl (C=O) groups is 1. The number of rotatable bonds is 6. The summed E-state index contributed by atoms with van der Waals surface area (Å²) in [5.74, 6) is -0.108. The van der Waals surface area contributed by atoms with Gasteiger partial charge in [-0.05, 0) is 69.4 Å². The maximum Gasteiger partial charge on any atom is 0.300 e. The maximum atomic E-state index is 14.1. The SMILES string of the molecule is Cc1cccc(-c2cnccc2C(=O)NC2CCC(Nc3cc(C(F)(F)P)nc4ccc(C)cc34)CC2)c1. The van der Waals surface area contributed by atoms with Crippen LogP contribution in [0, 0.1) is 13.8 Å². The molecule has 0 aliphatic heterocycles. The zero-order valence-electron chi connectivity index (χ0n) is 21.5. The van der Waals surface area contributed by atoms with Crippen molar-refractivity contribution in [2.45, 2.75) is 57.3 Å². The molecule has 1 aliphatic rings. The molecule has 1 saturated carbocycles. The molecule has 0 spiro atoms. The molecule has 5 rings (SSSR count). The van der Waals surface area contributed by atoms with Crippen LogP contribution in [0.4, 0.5) is 14.5 Å². The monoisotopic (exact) mass is 532 g/mol. The summed E-state index contributed by atoms with van der Waals surface area (Å²) in [5.41, 5.74) is 2.37. The normalized spacial score (nSPS) is 17.8. The average molecular weight is 533 g/mol. The maximum absolute atomic E-state index is 14.1. The number of aromatic nitrogens is 2. The van der Waals surface area contributed by atoms with Gasteiger partial charge in [0, 0.05) is 41.1 Å². The molecule has 1 aliphatic carbocycles. The lowest BCUT2D eigenvalue weighted by Crippen LogP contribution is -2.40. The number of aryl methyl sites for hydroxylation is 2. The van der Waals surface area contributed by atoms with Gasteiger partial charge in [-0.3, -0.25) is 9.78 Å². The van der Waals surface area contributed by atoms with Gasteiger partial charge in [0.25, 0.3) is 11.6 Å². The molecule has 2 aromatic heterocycles. The van der Waals surface area contributed by atoms with Crippen LogP contribution >= 0.6 is 9.24 Å². The average Bonchev–Trinajstić information content (AvgIpc) is 2.89. The fourth-order valence-electron chi connectivity index (χ4n) is 5.13. The van der Waals surface area contributed by atoms with Crippen LogP contribution in [0.25, 0.3) is 22.0 Å². The van der Waals surface area contributed by atoms with Gasteiger partial charge in [-0.1, -0.05) is 50.7 Å². The van der Waals surface area contributed by atoms with Crippen molar-refractivity contribution in [2.75, 3.05) is 5.32 Å². The van der Waals surface area contributed by atoms with Crippen LogP contribution in [0.3, 0.4) is 0 Å². The molecular weight excluding hydrogens is 501 g/mol. The second kappa shape index (κ2) is 10.7. The summed E-state index contributed by atoms with van der Waals surface area (Å²) in [4.78, 5) is 21.7. The zero-order chi connectivity index (χ0) is 26.9. The van der Waals surface area contributed by atoms with E-state index >= 15 is 0 Å². The number of alkyl halides is 2. The van der Waals surface area contributed by atoms with Crippen LogP contribution < -0.4 is 10.6 Å². The quantitative estimate of drug-likeness (QED) is 0.263. The minimum Gasteiger partial charge on any atom is -0.382 e. The molecular formula is C30H31F2N4OP. The molecule has 196 valence electrons. The highest BCUT2D eigenvalue weighted by molar-refractivity contribution is 7.17. The predicted octanol–water partition coefficient (Wildman–Crippen LogP) is 6.99. The summed E-state index contributed by atoms with van der Waals surface area (Å²) < 4.78 is 28.2. The minimum atomic E-state index is -3.11. The van der Waals surface area contributed by atoms with E-state index in [4.69, 9.17) is 0 Å². The number of nitrogens with one attached hydrogen (secondary N) is 2. The second-order valence-electron chi connectivity index (χ2n) is 10.2. The van der Waals surface area contributed by atoms with Crippen LogP contribution in [-0.4, -0.2) is 28.0 Å². The third-order valence-corrected chi connectivity index (χ3v) is 7.42. The Morgan fingerprint density at radius 1 is 0.974 bits per heavy atom. The Labute approximate surface area is 223 Å². The van der Waals surface area contributed by atoms with Crippen molar-refractivity contribution >= 4 is 31.7 Å². The molecule has 1 atom stereocenters. The zero-order valence-corrected chi connectivity index (χ0v) is 22.6. The van der Waals surface area contributed by atoms with E-state index in [1.807, 2.05) is 50.2 Å². The summed E-state index contributed by atoms with van der Waals surface area (Å²) in [7, 11) is 1.58. The number of anilines is 1. The summed E-state index contributed by atoms with van der Waals surface area (Å²) in [5, 5.41) is 7.54. The van der Waals surface area contributed by atoms with Gasteiger partial charge < -0.3 is 10.6 Å². The van der Waals surface area contributed by atoms with Crippen molar-refractivity contribution in [3.05, 3.63) is 89.4 Å². The van der Waals surface area contributed by atoms with E-state index in [1.54, 1.807) is 33.8 Å². The largest absolute Gasteiger partial charge is 0.382 e. The fraction of sp³-hybridized carbons (Fsp3) is 0.300. The van der Waals surface area contributed by atoms with Crippen molar-refractivity contribution in [1.82, 2.24) is 15.3 Å². The summed E-state index contributed by atoms with van der Waals surface area (Å²) in [6, 6.07) is 17.0. The van der Waals surface area contributed by atoms with E-state index in [0.29, 0.717) is 16.8 Å². The Balaban J connectivity index is 1.27. The Hall–Kier alpha value is -3.44. The van der Waals surface area contributed by atoms with E-state index in [9.17, 15) is 13.6 Å². The number of hydrogen-bond donors (Lipinski definition) is 2. The molecule has 38 heavy (non-hydrogen) atoms. The van der Waals surface area contributed by atoms with Crippen LogP contribution in [-0.2, 0) is 5.66 Å². The highest BCUT2D eigenvalue weighted by Crippen LogP contribution is 2.38. The highest BCUT2D eigenvalue weighted by Gasteiger charge is 2.29. The van der Waals surface area contributed by atoms with Gasteiger partial charge in [-0.25, -0.2) is 4.98 Å². The van der Waals surface area contributed by atoms with Gasteiger partial charge >= 0.3 is 0 Å². The molecule has 2 aromatic carbocycles. The first-order valence-corrected chi connectivity index (χ1v) is 13.4. The molecule has 1 fully saturated rings. The molecule has 4 aromatic rings. The molecule has 5 nitrogen and oxygen atoms in total. The number of nitrogens with zero attached hydrogens (tertiary/aromatic N) is 2. The number of halogens is 2.